The van der Waals surface area contributed by atoms with Crippen molar-refractivity contribution in [1.29, 1.82) is 0 Å². The summed E-state index contributed by atoms with van der Waals surface area (Å²) < 4.78 is 1.72. The maximum atomic E-state index is 12.7. The van der Waals surface area contributed by atoms with Crippen LogP contribution in [-0.4, -0.2) is 20.7 Å². The number of hydrogen-bond acceptors (Lipinski definition) is 4. The number of aromatic nitrogens is 3. The van der Waals surface area contributed by atoms with E-state index < -0.39 is 0 Å². The molecule has 5 nitrogen and oxygen atoms in total. The van der Waals surface area contributed by atoms with Gasteiger partial charge in [0.05, 0.1) is 11.4 Å². The van der Waals surface area contributed by atoms with Crippen LogP contribution in [0.3, 0.4) is 0 Å². The Morgan fingerprint density at radius 1 is 1.07 bits per heavy atom. The molecule has 7 heteroatoms. The number of rotatable bonds is 4. The van der Waals surface area contributed by atoms with Gasteiger partial charge >= 0.3 is 0 Å². The summed E-state index contributed by atoms with van der Waals surface area (Å²) >= 11 is 7.28. The lowest BCUT2D eigenvalue weighted by molar-refractivity contribution is 0.102. The normalized spacial score (nSPS) is 10.7. The van der Waals surface area contributed by atoms with Gasteiger partial charge in [-0.1, -0.05) is 41.9 Å². The fourth-order valence-corrected chi connectivity index (χ4v) is 3.70. The van der Waals surface area contributed by atoms with Crippen LogP contribution in [-0.2, 0) is 0 Å². The highest BCUT2D eigenvalue weighted by atomic mass is 35.5. The Morgan fingerprint density at radius 2 is 1.81 bits per heavy atom. The Balaban J connectivity index is 1.54. The number of nitrogens with one attached hydrogen (secondary N) is 1. The van der Waals surface area contributed by atoms with Gasteiger partial charge in [-0.2, -0.15) is 5.10 Å². The van der Waals surface area contributed by atoms with Crippen molar-refractivity contribution >= 4 is 34.7 Å². The minimum absolute atomic E-state index is 0.219. The van der Waals surface area contributed by atoms with Crippen molar-refractivity contribution in [3.63, 3.8) is 0 Å². The fraction of sp³-hybridized carbons (Fsp3) is 0.0500. The highest BCUT2D eigenvalue weighted by molar-refractivity contribution is 7.17. The zero-order valence-corrected chi connectivity index (χ0v) is 16.0. The molecule has 0 spiro atoms. The molecule has 0 unspecified atom stereocenters. The molecule has 1 amide bonds. The number of amides is 1. The van der Waals surface area contributed by atoms with Gasteiger partial charge < -0.3 is 5.32 Å². The van der Waals surface area contributed by atoms with Crippen LogP contribution >= 0.6 is 22.9 Å². The first-order chi connectivity index (χ1) is 13.1. The number of carbonyl (C=O) groups is 1. The number of nitrogens with zero attached hydrogens (tertiary/aromatic N) is 3. The summed E-state index contributed by atoms with van der Waals surface area (Å²) in [5.41, 5.74) is 2.54. The molecule has 0 fully saturated rings. The van der Waals surface area contributed by atoms with E-state index in [1.165, 1.54) is 11.3 Å². The molecule has 2 aromatic heterocycles. The molecular formula is C20H15ClN4OS. The maximum absolute atomic E-state index is 12.7. The molecule has 0 bridgehead atoms. The molecule has 1 N–H and O–H groups in total. The molecule has 4 rings (SSSR count). The van der Waals surface area contributed by atoms with E-state index in [4.69, 9.17) is 11.6 Å². The van der Waals surface area contributed by atoms with Crippen LogP contribution in [0.25, 0.3) is 16.3 Å². The topological polar surface area (TPSA) is 59.8 Å². The Labute approximate surface area is 165 Å². The molecule has 0 saturated carbocycles. The van der Waals surface area contributed by atoms with Crippen LogP contribution in [0.4, 0.5) is 5.82 Å². The molecule has 27 heavy (non-hydrogen) atoms. The van der Waals surface area contributed by atoms with Gasteiger partial charge in [-0.15, -0.1) is 11.3 Å². The van der Waals surface area contributed by atoms with Gasteiger partial charge in [0.15, 0.2) is 5.82 Å². The maximum Gasteiger partial charge on any atom is 0.268 e. The first-order valence-corrected chi connectivity index (χ1v) is 9.45. The van der Waals surface area contributed by atoms with Crippen LogP contribution in [0.2, 0.25) is 5.02 Å². The average Bonchev–Trinajstić information content (AvgIpc) is 3.30. The Kier molecular flexibility index (Phi) is 4.75. The minimum atomic E-state index is -0.219. The summed E-state index contributed by atoms with van der Waals surface area (Å²) in [5.74, 6) is 0.272. The van der Waals surface area contributed by atoms with E-state index in [2.05, 4.69) is 15.4 Å². The van der Waals surface area contributed by atoms with Crippen LogP contribution in [0.5, 0.6) is 0 Å². The Morgan fingerprint density at radius 3 is 2.56 bits per heavy atom. The first kappa shape index (κ1) is 17.5. The molecule has 4 aromatic rings. The van der Waals surface area contributed by atoms with Crippen molar-refractivity contribution < 1.29 is 4.79 Å². The van der Waals surface area contributed by atoms with Crippen molar-refractivity contribution in [3.05, 3.63) is 82.5 Å². The molecule has 0 atom stereocenters. The molecule has 0 aliphatic heterocycles. The number of thiazole rings is 1. The molecule has 0 radical (unpaired) electrons. The second-order valence-electron chi connectivity index (χ2n) is 5.88. The number of para-hydroxylation sites is 1. The van der Waals surface area contributed by atoms with E-state index in [1.54, 1.807) is 10.7 Å². The summed E-state index contributed by atoms with van der Waals surface area (Å²) in [6.07, 6.45) is 1.81. The van der Waals surface area contributed by atoms with E-state index >= 15 is 0 Å². The largest absolute Gasteiger partial charge is 0.304 e. The molecule has 134 valence electrons. The van der Waals surface area contributed by atoms with Crippen molar-refractivity contribution in [2.24, 2.45) is 0 Å². The van der Waals surface area contributed by atoms with E-state index in [0.29, 0.717) is 21.4 Å². The van der Waals surface area contributed by atoms with Crippen LogP contribution in [0.15, 0.2) is 66.9 Å². The van der Waals surface area contributed by atoms with Gasteiger partial charge in [0.2, 0.25) is 0 Å². The van der Waals surface area contributed by atoms with Gasteiger partial charge in [-0.05, 0) is 31.2 Å². The van der Waals surface area contributed by atoms with Crippen LogP contribution in [0.1, 0.15) is 15.4 Å². The number of aryl methyl sites for hydroxylation is 1. The monoisotopic (exact) mass is 394 g/mol. The standard InChI is InChI=1S/C20H15ClN4OS/c1-13-18(27-20(22-13)14-7-9-15(21)10-8-14)19(26)23-17-11-12-25(24-17)16-5-3-2-4-6-16/h2-12H,1H3,(H,23,24,26). The predicted octanol–water partition coefficient (Wildman–Crippen LogP) is 5.21. The molecule has 0 aliphatic rings. The fourth-order valence-electron chi connectivity index (χ4n) is 2.61. The van der Waals surface area contributed by atoms with Crippen molar-refractivity contribution in [3.8, 4) is 16.3 Å². The van der Waals surface area contributed by atoms with Crippen molar-refractivity contribution in [1.82, 2.24) is 14.8 Å². The zero-order valence-electron chi connectivity index (χ0n) is 14.4. The van der Waals surface area contributed by atoms with Crippen LogP contribution in [0, 0.1) is 6.92 Å². The lowest BCUT2D eigenvalue weighted by Crippen LogP contribution is -2.12. The van der Waals surface area contributed by atoms with E-state index in [0.717, 1.165) is 16.3 Å². The number of halogens is 1. The number of benzene rings is 2. The van der Waals surface area contributed by atoms with Crippen LogP contribution < -0.4 is 5.32 Å². The summed E-state index contributed by atoms with van der Waals surface area (Å²) in [6, 6.07) is 18.9. The Hall–Kier alpha value is -2.96. The minimum Gasteiger partial charge on any atom is -0.304 e. The number of hydrogen-bond donors (Lipinski definition) is 1. The predicted molar refractivity (Wildman–Crippen MR) is 109 cm³/mol. The van der Waals surface area contributed by atoms with E-state index in [9.17, 15) is 4.79 Å². The van der Waals surface area contributed by atoms with E-state index in [-0.39, 0.29) is 5.91 Å². The van der Waals surface area contributed by atoms with Gasteiger partial charge in [0.25, 0.3) is 5.91 Å². The van der Waals surface area contributed by atoms with Gasteiger partial charge in [-0.25, -0.2) is 9.67 Å². The number of carbonyl (C=O) groups excluding carboxylic acids is 1. The SMILES string of the molecule is Cc1nc(-c2ccc(Cl)cc2)sc1C(=O)Nc1ccn(-c2ccccc2)n1. The summed E-state index contributed by atoms with van der Waals surface area (Å²) in [4.78, 5) is 17.7. The van der Waals surface area contributed by atoms with Gasteiger partial charge in [0, 0.05) is 22.8 Å². The third-order valence-electron chi connectivity index (χ3n) is 3.95. The summed E-state index contributed by atoms with van der Waals surface area (Å²) in [7, 11) is 0. The smallest absolute Gasteiger partial charge is 0.268 e. The molecule has 2 aromatic carbocycles. The number of anilines is 1. The second-order valence-corrected chi connectivity index (χ2v) is 7.31. The lowest BCUT2D eigenvalue weighted by atomic mass is 10.2. The zero-order chi connectivity index (χ0) is 18.8. The summed E-state index contributed by atoms with van der Waals surface area (Å²) in [6.45, 7) is 1.83. The quantitative estimate of drug-likeness (QED) is 0.516. The molecule has 0 aliphatic carbocycles. The third kappa shape index (κ3) is 3.77. The third-order valence-corrected chi connectivity index (χ3v) is 5.40. The lowest BCUT2D eigenvalue weighted by Gasteiger charge is -2.01. The van der Waals surface area contributed by atoms with Gasteiger partial charge in [0.1, 0.15) is 9.88 Å². The highest BCUT2D eigenvalue weighted by Gasteiger charge is 2.17. The van der Waals surface area contributed by atoms with Gasteiger partial charge in [-0.3, -0.25) is 4.79 Å². The summed E-state index contributed by atoms with van der Waals surface area (Å²) in [5, 5.41) is 8.69. The molecule has 0 saturated heterocycles. The average molecular weight is 395 g/mol. The molecule has 2 heterocycles. The molecular weight excluding hydrogens is 380 g/mol. The second kappa shape index (κ2) is 7.34. The van der Waals surface area contributed by atoms with E-state index in [1.807, 2.05) is 67.7 Å². The first-order valence-electron chi connectivity index (χ1n) is 8.26. The Bertz CT molecular complexity index is 1090. The van der Waals surface area contributed by atoms with Crippen molar-refractivity contribution in [2.75, 3.05) is 5.32 Å². The highest BCUT2D eigenvalue weighted by Crippen LogP contribution is 2.29. The van der Waals surface area contributed by atoms with Crippen molar-refractivity contribution in [2.45, 2.75) is 6.92 Å².